The number of rotatable bonds is 4. The first-order valence-electron chi connectivity index (χ1n) is 5.02. The highest BCUT2D eigenvalue weighted by atomic mass is 16.1. The van der Waals surface area contributed by atoms with E-state index in [4.69, 9.17) is 5.73 Å². The van der Waals surface area contributed by atoms with E-state index in [0.29, 0.717) is 18.9 Å². The molecule has 5 nitrogen and oxygen atoms in total. The first-order chi connectivity index (χ1) is 6.94. The van der Waals surface area contributed by atoms with Crippen molar-refractivity contribution in [3.8, 4) is 0 Å². The average Bonchev–Trinajstić information content (AvgIpc) is 2.15. The molecule has 0 aliphatic carbocycles. The van der Waals surface area contributed by atoms with Crippen molar-refractivity contribution in [3.05, 3.63) is 22.7 Å². The monoisotopic (exact) mass is 210 g/mol. The van der Waals surface area contributed by atoms with Crippen LogP contribution in [-0.4, -0.2) is 21.6 Å². The lowest BCUT2D eigenvalue weighted by molar-refractivity contribution is 0.547. The first kappa shape index (κ1) is 11.7. The lowest BCUT2D eigenvalue weighted by Gasteiger charge is -2.19. The minimum Gasteiger partial charge on any atom is -0.364 e. The summed E-state index contributed by atoms with van der Waals surface area (Å²) in [5.41, 5.74) is 5.34. The number of nitrogens with zero attached hydrogens (tertiary/aromatic N) is 2. The fourth-order valence-electron chi connectivity index (χ4n) is 1.13. The van der Waals surface area contributed by atoms with Crippen molar-refractivity contribution in [2.75, 3.05) is 11.9 Å². The summed E-state index contributed by atoms with van der Waals surface area (Å²) in [4.78, 5) is 15.7. The van der Waals surface area contributed by atoms with Crippen molar-refractivity contribution in [2.45, 2.75) is 32.9 Å². The van der Waals surface area contributed by atoms with Crippen molar-refractivity contribution in [3.63, 3.8) is 0 Å². The van der Waals surface area contributed by atoms with Crippen LogP contribution in [0, 0.1) is 0 Å². The largest absolute Gasteiger partial charge is 0.364 e. The van der Waals surface area contributed by atoms with E-state index in [1.54, 1.807) is 17.0 Å². The lowest BCUT2D eigenvalue weighted by atomic mass is 10.1. The van der Waals surface area contributed by atoms with Crippen LogP contribution in [0.3, 0.4) is 0 Å². The third-order valence-corrected chi connectivity index (χ3v) is 1.97. The number of aryl methyl sites for hydroxylation is 1. The molecule has 1 heterocycles. The Labute approximate surface area is 89.3 Å². The summed E-state index contributed by atoms with van der Waals surface area (Å²) in [5, 5.41) is 2.96. The molecular formula is C10H18N4O. The Hall–Kier alpha value is -1.36. The van der Waals surface area contributed by atoms with Gasteiger partial charge in [-0.1, -0.05) is 0 Å². The minimum atomic E-state index is -0.360. The van der Waals surface area contributed by atoms with Gasteiger partial charge in [0, 0.05) is 31.0 Å². The average molecular weight is 210 g/mol. The van der Waals surface area contributed by atoms with Gasteiger partial charge >= 0.3 is 0 Å². The van der Waals surface area contributed by atoms with Gasteiger partial charge < -0.3 is 15.6 Å². The molecular weight excluding hydrogens is 192 g/mol. The highest BCUT2D eigenvalue weighted by molar-refractivity contribution is 5.31. The Morgan fingerprint density at radius 1 is 1.60 bits per heavy atom. The molecule has 0 bridgehead atoms. The summed E-state index contributed by atoms with van der Waals surface area (Å²) in [7, 11) is 0. The van der Waals surface area contributed by atoms with E-state index < -0.39 is 0 Å². The van der Waals surface area contributed by atoms with E-state index in [0.717, 1.165) is 0 Å². The van der Waals surface area contributed by atoms with Gasteiger partial charge in [-0.05, 0) is 20.8 Å². The molecule has 0 atom stereocenters. The molecule has 0 saturated carbocycles. The second kappa shape index (κ2) is 4.44. The number of anilines is 1. The standard InChI is InChI=1S/C10H18N4O/c1-4-14-6-5-12-8(9(14)15)13-7-10(2,3)11/h5-6H,4,7,11H2,1-3H3,(H,12,13). The Morgan fingerprint density at radius 2 is 2.27 bits per heavy atom. The van der Waals surface area contributed by atoms with Crippen LogP contribution in [-0.2, 0) is 6.54 Å². The molecule has 84 valence electrons. The van der Waals surface area contributed by atoms with Gasteiger partial charge in [-0.2, -0.15) is 0 Å². The van der Waals surface area contributed by atoms with Crippen LogP contribution >= 0.6 is 0 Å². The second-order valence-corrected chi connectivity index (χ2v) is 4.21. The van der Waals surface area contributed by atoms with Gasteiger partial charge in [0.25, 0.3) is 5.56 Å². The van der Waals surface area contributed by atoms with Crippen molar-refractivity contribution >= 4 is 5.82 Å². The van der Waals surface area contributed by atoms with Crippen molar-refractivity contribution in [2.24, 2.45) is 5.73 Å². The molecule has 15 heavy (non-hydrogen) atoms. The zero-order chi connectivity index (χ0) is 11.5. The maximum atomic E-state index is 11.7. The van der Waals surface area contributed by atoms with Crippen LogP contribution in [0.1, 0.15) is 20.8 Å². The zero-order valence-corrected chi connectivity index (χ0v) is 9.45. The predicted octanol–water partition coefficient (Wildman–Crippen LogP) is 0.412. The maximum absolute atomic E-state index is 11.7. The summed E-state index contributed by atoms with van der Waals surface area (Å²) >= 11 is 0. The molecule has 0 aliphatic rings. The van der Waals surface area contributed by atoms with E-state index in [1.165, 1.54) is 0 Å². The molecule has 0 amide bonds. The van der Waals surface area contributed by atoms with Gasteiger partial charge in [0.15, 0.2) is 5.82 Å². The normalized spacial score (nSPS) is 11.5. The van der Waals surface area contributed by atoms with Crippen LogP contribution in [0.25, 0.3) is 0 Å². The maximum Gasteiger partial charge on any atom is 0.293 e. The molecule has 0 saturated heterocycles. The molecule has 0 spiro atoms. The minimum absolute atomic E-state index is 0.107. The lowest BCUT2D eigenvalue weighted by Crippen LogP contribution is -2.41. The van der Waals surface area contributed by atoms with E-state index in [-0.39, 0.29) is 11.1 Å². The summed E-state index contributed by atoms with van der Waals surface area (Å²) in [6.07, 6.45) is 3.28. The highest BCUT2D eigenvalue weighted by Gasteiger charge is 2.11. The smallest absolute Gasteiger partial charge is 0.293 e. The van der Waals surface area contributed by atoms with Gasteiger partial charge in [-0.25, -0.2) is 4.98 Å². The number of nitrogens with two attached hydrogens (primary N) is 1. The van der Waals surface area contributed by atoms with Crippen LogP contribution in [0.4, 0.5) is 5.82 Å². The fourth-order valence-corrected chi connectivity index (χ4v) is 1.13. The molecule has 3 N–H and O–H groups in total. The molecule has 0 unspecified atom stereocenters. The van der Waals surface area contributed by atoms with Crippen molar-refractivity contribution < 1.29 is 0 Å². The highest BCUT2D eigenvalue weighted by Crippen LogP contribution is 1.99. The Morgan fingerprint density at radius 3 is 2.80 bits per heavy atom. The predicted molar refractivity (Wildman–Crippen MR) is 60.9 cm³/mol. The van der Waals surface area contributed by atoms with Crippen molar-refractivity contribution in [1.29, 1.82) is 0 Å². The third kappa shape index (κ3) is 3.36. The molecule has 0 fully saturated rings. The third-order valence-electron chi connectivity index (χ3n) is 1.97. The Bertz CT molecular complexity index is 378. The van der Waals surface area contributed by atoms with Crippen LogP contribution in [0.2, 0.25) is 0 Å². The molecule has 1 aromatic heterocycles. The number of hydrogen-bond acceptors (Lipinski definition) is 4. The summed E-state index contributed by atoms with van der Waals surface area (Å²) < 4.78 is 1.60. The van der Waals surface area contributed by atoms with Crippen LogP contribution < -0.4 is 16.6 Å². The van der Waals surface area contributed by atoms with E-state index in [2.05, 4.69) is 10.3 Å². The van der Waals surface area contributed by atoms with Gasteiger partial charge in [0.1, 0.15) is 0 Å². The topological polar surface area (TPSA) is 72.9 Å². The van der Waals surface area contributed by atoms with Gasteiger partial charge in [-0.15, -0.1) is 0 Å². The summed E-state index contributed by atoms with van der Waals surface area (Å²) in [5.74, 6) is 0.359. The molecule has 0 radical (unpaired) electrons. The SMILES string of the molecule is CCn1ccnc(NCC(C)(C)N)c1=O. The number of aromatic nitrogens is 2. The Balaban J connectivity index is 2.83. The summed E-state index contributed by atoms with van der Waals surface area (Å²) in [6.45, 7) is 6.85. The molecule has 1 rings (SSSR count). The fraction of sp³-hybridized carbons (Fsp3) is 0.600. The zero-order valence-electron chi connectivity index (χ0n) is 9.45. The molecule has 5 heteroatoms. The van der Waals surface area contributed by atoms with Gasteiger partial charge in [0.05, 0.1) is 0 Å². The first-order valence-corrected chi connectivity index (χ1v) is 5.02. The number of nitrogens with one attached hydrogen (secondary N) is 1. The second-order valence-electron chi connectivity index (χ2n) is 4.21. The van der Waals surface area contributed by atoms with E-state index in [1.807, 2.05) is 20.8 Å². The van der Waals surface area contributed by atoms with Gasteiger partial charge in [0.2, 0.25) is 0 Å². The number of hydrogen-bond donors (Lipinski definition) is 2. The summed E-state index contributed by atoms with van der Waals surface area (Å²) in [6, 6.07) is 0. The quantitative estimate of drug-likeness (QED) is 0.755. The molecule has 1 aromatic rings. The van der Waals surface area contributed by atoms with Crippen molar-refractivity contribution in [1.82, 2.24) is 9.55 Å². The molecule has 0 aromatic carbocycles. The van der Waals surface area contributed by atoms with E-state index in [9.17, 15) is 4.79 Å². The Kier molecular flexibility index (Phi) is 3.47. The molecule has 0 aliphatic heterocycles. The van der Waals surface area contributed by atoms with E-state index >= 15 is 0 Å². The van der Waals surface area contributed by atoms with Crippen LogP contribution in [0.15, 0.2) is 17.2 Å². The van der Waals surface area contributed by atoms with Gasteiger partial charge in [-0.3, -0.25) is 4.79 Å². The van der Waals surface area contributed by atoms with Crippen LogP contribution in [0.5, 0.6) is 0 Å².